The van der Waals surface area contributed by atoms with Crippen LogP contribution in [0.5, 0.6) is 11.5 Å². The predicted octanol–water partition coefficient (Wildman–Crippen LogP) is 4.97. The highest BCUT2D eigenvalue weighted by molar-refractivity contribution is 6.17. The lowest BCUT2D eigenvalue weighted by Gasteiger charge is -2.11. The molecule has 0 aliphatic heterocycles. The maximum absolute atomic E-state index is 13.5. The van der Waals surface area contributed by atoms with E-state index in [0.717, 1.165) is 5.56 Å². The molecule has 0 aromatic heterocycles. The molecule has 0 aliphatic rings. The van der Waals surface area contributed by atoms with Crippen molar-refractivity contribution in [1.82, 2.24) is 0 Å². The standard InChI is InChI=1S/C15H14ClFO/c1-10-6-7-12(8-11(10)2)18-15-5-3-4-14(17)13(15)9-16/h3-8H,9H2,1-2H3. The van der Waals surface area contributed by atoms with E-state index in [9.17, 15) is 4.39 Å². The van der Waals surface area contributed by atoms with Crippen LogP contribution in [-0.2, 0) is 5.88 Å². The summed E-state index contributed by atoms with van der Waals surface area (Å²) in [7, 11) is 0. The van der Waals surface area contributed by atoms with Gasteiger partial charge in [-0.1, -0.05) is 12.1 Å². The number of halogens is 2. The normalized spacial score (nSPS) is 10.4. The molecule has 0 atom stereocenters. The highest BCUT2D eigenvalue weighted by Crippen LogP contribution is 2.29. The molecule has 0 amide bonds. The third kappa shape index (κ3) is 2.65. The average molecular weight is 265 g/mol. The summed E-state index contributed by atoms with van der Waals surface area (Å²) in [5.74, 6) is 0.905. The van der Waals surface area contributed by atoms with Crippen molar-refractivity contribution in [3.05, 3.63) is 58.9 Å². The summed E-state index contributed by atoms with van der Waals surface area (Å²) in [6.45, 7) is 4.04. The molecule has 94 valence electrons. The van der Waals surface area contributed by atoms with Gasteiger partial charge in [-0.3, -0.25) is 0 Å². The third-order valence-corrected chi connectivity index (χ3v) is 3.18. The first-order valence-corrected chi connectivity index (χ1v) is 6.23. The second-order valence-corrected chi connectivity index (χ2v) is 4.47. The van der Waals surface area contributed by atoms with E-state index in [-0.39, 0.29) is 11.7 Å². The highest BCUT2D eigenvalue weighted by Gasteiger charge is 2.09. The molecule has 0 aliphatic carbocycles. The van der Waals surface area contributed by atoms with E-state index < -0.39 is 0 Å². The summed E-state index contributed by atoms with van der Waals surface area (Å²) in [6.07, 6.45) is 0. The van der Waals surface area contributed by atoms with E-state index in [1.54, 1.807) is 12.1 Å². The van der Waals surface area contributed by atoms with Gasteiger partial charge in [-0.05, 0) is 49.2 Å². The number of alkyl halides is 1. The maximum atomic E-state index is 13.5. The molecule has 2 rings (SSSR count). The van der Waals surface area contributed by atoms with E-state index in [0.29, 0.717) is 17.1 Å². The second kappa shape index (κ2) is 5.40. The first kappa shape index (κ1) is 12.9. The van der Waals surface area contributed by atoms with Gasteiger partial charge in [0.15, 0.2) is 0 Å². The van der Waals surface area contributed by atoms with Crippen LogP contribution in [0.1, 0.15) is 16.7 Å². The molecule has 18 heavy (non-hydrogen) atoms. The van der Waals surface area contributed by atoms with Crippen molar-refractivity contribution in [3.63, 3.8) is 0 Å². The molecule has 0 N–H and O–H groups in total. The zero-order valence-corrected chi connectivity index (χ0v) is 11.1. The Kier molecular flexibility index (Phi) is 3.87. The quantitative estimate of drug-likeness (QED) is 0.711. The first-order chi connectivity index (χ1) is 8.61. The molecule has 0 spiro atoms. The zero-order chi connectivity index (χ0) is 13.1. The van der Waals surface area contributed by atoms with Gasteiger partial charge in [0, 0.05) is 5.56 Å². The van der Waals surface area contributed by atoms with Crippen molar-refractivity contribution in [2.45, 2.75) is 19.7 Å². The monoisotopic (exact) mass is 264 g/mol. The summed E-state index contributed by atoms with van der Waals surface area (Å²) in [4.78, 5) is 0. The number of aryl methyl sites for hydroxylation is 2. The lowest BCUT2D eigenvalue weighted by molar-refractivity contribution is 0.470. The Hall–Kier alpha value is -1.54. The van der Waals surface area contributed by atoms with Crippen molar-refractivity contribution in [3.8, 4) is 11.5 Å². The minimum absolute atomic E-state index is 0.0901. The molecule has 0 unspecified atom stereocenters. The average Bonchev–Trinajstić information content (AvgIpc) is 2.34. The van der Waals surface area contributed by atoms with Crippen molar-refractivity contribution in [1.29, 1.82) is 0 Å². The van der Waals surface area contributed by atoms with E-state index in [4.69, 9.17) is 16.3 Å². The zero-order valence-electron chi connectivity index (χ0n) is 10.3. The summed E-state index contributed by atoms with van der Waals surface area (Å²) >= 11 is 5.74. The van der Waals surface area contributed by atoms with Crippen molar-refractivity contribution < 1.29 is 9.13 Å². The molecule has 0 heterocycles. The molecule has 0 radical (unpaired) electrons. The fraction of sp³-hybridized carbons (Fsp3) is 0.200. The van der Waals surface area contributed by atoms with Crippen LogP contribution in [0.25, 0.3) is 0 Å². The summed E-state index contributed by atoms with van der Waals surface area (Å²) < 4.78 is 19.2. The van der Waals surface area contributed by atoms with Gasteiger partial charge in [-0.2, -0.15) is 0 Å². The molecule has 0 saturated heterocycles. The van der Waals surface area contributed by atoms with E-state index >= 15 is 0 Å². The SMILES string of the molecule is Cc1ccc(Oc2cccc(F)c2CCl)cc1C. The van der Waals surface area contributed by atoms with Crippen molar-refractivity contribution in [2.24, 2.45) is 0 Å². The van der Waals surface area contributed by atoms with Gasteiger partial charge in [0.2, 0.25) is 0 Å². The Balaban J connectivity index is 2.34. The molecule has 1 nitrogen and oxygen atoms in total. The van der Waals surface area contributed by atoms with Gasteiger partial charge in [0.1, 0.15) is 17.3 Å². The van der Waals surface area contributed by atoms with Crippen molar-refractivity contribution in [2.75, 3.05) is 0 Å². The third-order valence-electron chi connectivity index (χ3n) is 2.92. The Bertz CT molecular complexity index is 566. The summed E-state index contributed by atoms with van der Waals surface area (Å²) in [5.41, 5.74) is 2.72. The molecule has 2 aromatic carbocycles. The van der Waals surface area contributed by atoms with Gasteiger partial charge >= 0.3 is 0 Å². The topological polar surface area (TPSA) is 9.23 Å². The first-order valence-electron chi connectivity index (χ1n) is 5.70. The Morgan fingerprint density at radius 2 is 1.89 bits per heavy atom. The smallest absolute Gasteiger partial charge is 0.134 e. The number of hydrogen-bond acceptors (Lipinski definition) is 1. The minimum atomic E-state index is -0.341. The Labute approximate surface area is 111 Å². The molecular formula is C15H14ClFO. The van der Waals surface area contributed by atoms with Gasteiger partial charge in [-0.25, -0.2) is 4.39 Å². The van der Waals surface area contributed by atoms with Crippen LogP contribution in [0.4, 0.5) is 4.39 Å². The van der Waals surface area contributed by atoms with Crippen LogP contribution in [0.15, 0.2) is 36.4 Å². The van der Waals surface area contributed by atoms with E-state index in [1.165, 1.54) is 11.6 Å². The van der Waals surface area contributed by atoms with Gasteiger partial charge < -0.3 is 4.74 Å². The summed E-state index contributed by atoms with van der Waals surface area (Å²) in [5, 5.41) is 0. The number of hydrogen-bond donors (Lipinski definition) is 0. The lowest BCUT2D eigenvalue weighted by atomic mass is 10.1. The molecule has 2 aromatic rings. The summed E-state index contributed by atoms with van der Waals surface area (Å²) in [6, 6.07) is 10.5. The van der Waals surface area contributed by atoms with Crippen LogP contribution < -0.4 is 4.74 Å². The lowest BCUT2D eigenvalue weighted by Crippen LogP contribution is -1.93. The Morgan fingerprint density at radius 1 is 1.11 bits per heavy atom. The molecule has 0 fully saturated rings. The highest BCUT2D eigenvalue weighted by atomic mass is 35.5. The number of benzene rings is 2. The molecular weight excluding hydrogens is 251 g/mol. The van der Waals surface area contributed by atoms with Crippen molar-refractivity contribution >= 4 is 11.6 Å². The fourth-order valence-electron chi connectivity index (χ4n) is 1.67. The van der Waals surface area contributed by atoms with Gasteiger partial charge in [0.05, 0.1) is 5.88 Å². The fourth-order valence-corrected chi connectivity index (χ4v) is 1.93. The van der Waals surface area contributed by atoms with Crippen LogP contribution in [-0.4, -0.2) is 0 Å². The van der Waals surface area contributed by atoms with Crippen LogP contribution >= 0.6 is 11.6 Å². The van der Waals surface area contributed by atoms with E-state index in [1.807, 2.05) is 32.0 Å². The van der Waals surface area contributed by atoms with E-state index in [2.05, 4.69) is 0 Å². The van der Waals surface area contributed by atoms with Crippen LogP contribution in [0.2, 0.25) is 0 Å². The number of rotatable bonds is 3. The predicted molar refractivity (Wildman–Crippen MR) is 71.9 cm³/mol. The van der Waals surface area contributed by atoms with Gasteiger partial charge in [-0.15, -0.1) is 11.6 Å². The second-order valence-electron chi connectivity index (χ2n) is 4.20. The van der Waals surface area contributed by atoms with Crippen LogP contribution in [0, 0.1) is 19.7 Å². The molecule has 0 saturated carbocycles. The van der Waals surface area contributed by atoms with Crippen LogP contribution in [0.3, 0.4) is 0 Å². The maximum Gasteiger partial charge on any atom is 0.134 e. The largest absolute Gasteiger partial charge is 0.457 e. The number of ether oxygens (including phenoxy) is 1. The van der Waals surface area contributed by atoms with Gasteiger partial charge in [0.25, 0.3) is 0 Å². The molecule has 0 bridgehead atoms. The molecule has 3 heteroatoms. The Morgan fingerprint density at radius 3 is 2.56 bits per heavy atom. The minimum Gasteiger partial charge on any atom is -0.457 e.